The fourth-order valence-corrected chi connectivity index (χ4v) is 4.35. The van der Waals surface area contributed by atoms with Crippen LogP contribution in [0, 0.1) is 5.92 Å². The van der Waals surface area contributed by atoms with Crippen LogP contribution in [0.2, 0.25) is 0 Å². The Hall–Kier alpha value is -1.29. The molecular weight excluding hydrogens is 332 g/mol. The average molecular weight is 356 g/mol. The smallest absolute Gasteiger partial charge is 0.222 e. The van der Waals surface area contributed by atoms with Crippen molar-refractivity contribution in [3.8, 4) is 0 Å². The van der Waals surface area contributed by atoms with Crippen molar-refractivity contribution in [3.63, 3.8) is 0 Å². The molecule has 3 rings (SSSR count). The molecule has 1 N–H and O–H groups in total. The van der Waals surface area contributed by atoms with Gasteiger partial charge in [0.1, 0.15) is 5.60 Å². The summed E-state index contributed by atoms with van der Waals surface area (Å²) in [6.45, 7) is 4.51. The van der Waals surface area contributed by atoms with E-state index in [0.29, 0.717) is 45.4 Å². The molecule has 0 radical (unpaired) electrons. The second-order valence-corrected chi connectivity index (χ2v) is 8.56. The van der Waals surface area contributed by atoms with Crippen molar-refractivity contribution in [1.82, 2.24) is 14.3 Å². The molecule has 2 aliphatic heterocycles. The maximum absolute atomic E-state index is 12.2. The van der Waals surface area contributed by atoms with E-state index in [-0.39, 0.29) is 11.7 Å². The molecule has 9 heteroatoms. The third-order valence-corrected chi connectivity index (χ3v) is 6.30. The molecule has 1 aromatic heterocycles. The number of hydrogen-bond acceptors (Lipinski definition) is 7. The molecule has 8 nitrogen and oxygen atoms in total. The van der Waals surface area contributed by atoms with E-state index in [2.05, 4.69) is 15.3 Å². The first-order chi connectivity index (χ1) is 11.5. The molecule has 3 heterocycles. The summed E-state index contributed by atoms with van der Waals surface area (Å²) in [7, 11) is -3.24. The van der Waals surface area contributed by atoms with Gasteiger partial charge in [-0.2, -0.15) is 4.31 Å². The van der Waals surface area contributed by atoms with Gasteiger partial charge < -0.3 is 14.8 Å². The molecule has 0 amide bonds. The average Bonchev–Trinajstić information content (AvgIpc) is 2.86. The topological polar surface area (TPSA) is 93.7 Å². The molecule has 1 aromatic rings. The summed E-state index contributed by atoms with van der Waals surface area (Å²) in [4.78, 5) is 8.28. The zero-order valence-electron chi connectivity index (χ0n) is 13.8. The zero-order valence-corrected chi connectivity index (χ0v) is 14.7. The van der Waals surface area contributed by atoms with Gasteiger partial charge in [-0.25, -0.2) is 18.4 Å². The van der Waals surface area contributed by atoms with Crippen molar-refractivity contribution in [1.29, 1.82) is 0 Å². The van der Waals surface area contributed by atoms with Gasteiger partial charge in [-0.05, 0) is 19.4 Å². The van der Waals surface area contributed by atoms with Crippen molar-refractivity contribution in [3.05, 3.63) is 18.5 Å². The van der Waals surface area contributed by atoms with E-state index >= 15 is 0 Å². The molecule has 2 atom stereocenters. The first-order valence-corrected chi connectivity index (χ1v) is 9.84. The molecule has 0 bridgehead atoms. The molecule has 2 fully saturated rings. The van der Waals surface area contributed by atoms with E-state index in [1.165, 1.54) is 4.31 Å². The maximum atomic E-state index is 12.2. The first-order valence-electron chi connectivity index (χ1n) is 8.23. The number of aromatic nitrogens is 2. The first kappa shape index (κ1) is 17.5. The summed E-state index contributed by atoms with van der Waals surface area (Å²) in [6.07, 6.45) is 4.13. The third-order valence-electron chi connectivity index (χ3n) is 4.47. The Morgan fingerprint density at radius 2 is 2.21 bits per heavy atom. The molecule has 2 saturated heterocycles. The summed E-state index contributed by atoms with van der Waals surface area (Å²) in [6, 6.07) is 1.77. The van der Waals surface area contributed by atoms with Crippen LogP contribution < -0.4 is 5.32 Å². The Morgan fingerprint density at radius 1 is 1.42 bits per heavy atom. The highest BCUT2D eigenvalue weighted by molar-refractivity contribution is 7.89. The van der Waals surface area contributed by atoms with Gasteiger partial charge in [0.2, 0.25) is 16.0 Å². The number of hydrogen-bond donors (Lipinski definition) is 1. The molecule has 2 unspecified atom stereocenters. The van der Waals surface area contributed by atoms with Gasteiger partial charge in [0.25, 0.3) is 0 Å². The fourth-order valence-electron chi connectivity index (χ4n) is 3.20. The van der Waals surface area contributed by atoms with Crippen LogP contribution in [0.4, 0.5) is 5.95 Å². The lowest BCUT2D eigenvalue weighted by atomic mass is 9.95. The highest BCUT2D eigenvalue weighted by Gasteiger charge is 2.45. The van der Waals surface area contributed by atoms with Crippen molar-refractivity contribution < 1.29 is 17.9 Å². The molecule has 24 heavy (non-hydrogen) atoms. The second-order valence-electron chi connectivity index (χ2n) is 6.30. The number of rotatable bonds is 5. The lowest BCUT2D eigenvalue weighted by Crippen LogP contribution is -2.46. The largest absolute Gasteiger partial charge is 0.377 e. The Bertz CT molecular complexity index is 642. The number of sulfonamides is 1. The number of nitrogens with one attached hydrogen (secondary N) is 1. The van der Waals surface area contributed by atoms with E-state index in [1.54, 1.807) is 25.4 Å². The van der Waals surface area contributed by atoms with Crippen molar-refractivity contribution in [2.45, 2.75) is 18.9 Å². The lowest BCUT2D eigenvalue weighted by molar-refractivity contribution is -0.0511. The Kier molecular flexibility index (Phi) is 5.33. The van der Waals surface area contributed by atoms with Gasteiger partial charge in [0.15, 0.2) is 0 Å². The zero-order chi connectivity index (χ0) is 17.0. The molecule has 134 valence electrons. The van der Waals surface area contributed by atoms with Gasteiger partial charge in [0.05, 0.1) is 25.6 Å². The van der Waals surface area contributed by atoms with Crippen molar-refractivity contribution in [2.24, 2.45) is 5.92 Å². The van der Waals surface area contributed by atoms with E-state index in [9.17, 15) is 8.42 Å². The Balaban J connectivity index is 1.61. The van der Waals surface area contributed by atoms with Crippen LogP contribution in [0.1, 0.15) is 13.3 Å². The van der Waals surface area contributed by atoms with Crippen LogP contribution in [0.25, 0.3) is 0 Å². The Morgan fingerprint density at radius 3 is 2.96 bits per heavy atom. The van der Waals surface area contributed by atoms with Crippen LogP contribution in [-0.2, 0) is 19.5 Å². The summed E-state index contributed by atoms with van der Waals surface area (Å²) in [5.74, 6) is 0.951. The van der Waals surface area contributed by atoms with Crippen molar-refractivity contribution >= 4 is 16.0 Å². The van der Waals surface area contributed by atoms with E-state index in [1.807, 2.05) is 0 Å². The van der Waals surface area contributed by atoms with E-state index in [4.69, 9.17) is 9.47 Å². The quantitative estimate of drug-likeness (QED) is 0.813. The van der Waals surface area contributed by atoms with Crippen molar-refractivity contribution in [2.75, 3.05) is 50.5 Å². The maximum Gasteiger partial charge on any atom is 0.222 e. The van der Waals surface area contributed by atoms with Gasteiger partial charge in [0, 0.05) is 37.9 Å². The highest BCUT2D eigenvalue weighted by atomic mass is 32.2. The monoisotopic (exact) mass is 356 g/mol. The van der Waals surface area contributed by atoms with Crippen LogP contribution in [0.3, 0.4) is 0 Å². The molecule has 0 aromatic carbocycles. The normalized spacial score (nSPS) is 28.8. The summed E-state index contributed by atoms with van der Waals surface area (Å²) in [5, 5.41) is 3.20. The summed E-state index contributed by atoms with van der Waals surface area (Å²) >= 11 is 0. The summed E-state index contributed by atoms with van der Waals surface area (Å²) in [5.41, 5.74) is -0.553. The highest BCUT2D eigenvalue weighted by Crippen LogP contribution is 2.33. The number of ether oxygens (including phenoxy) is 2. The van der Waals surface area contributed by atoms with Crippen LogP contribution >= 0.6 is 0 Å². The van der Waals surface area contributed by atoms with Gasteiger partial charge in [-0.1, -0.05) is 0 Å². The molecular formula is C15H24N4O4S. The van der Waals surface area contributed by atoms with E-state index < -0.39 is 15.6 Å². The van der Waals surface area contributed by atoms with Gasteiger partial charge in [-0.15, -0.1) is 0 Å². The number of anilines is 1. The van der Waals surface area contributed by atoms with Crippen LogP contribution in [0.15, 0.2) is 18.5 Å². The van der Waals surface area contributed by atoms with Gasteiger partial charge in [-0.3, -0.25) is 0 Å². The second kappa shape index (κ2) is 7.30. The fraction of sp³-hybridized carbons (Fsp3) is 0.733. The molecule has 0 aliphatic carbocycles. The standard InChI is InChI=1S/C15H24N4O4S/c1-2-24(20,21)19-6-7-22-12-15(11-19)8-13(10-23-15)9-18-14-16-4-3-5-17-14/h3-5,13H,2,6-12H2,1H3,(H,16,17,18). The minimum Gasteiger partial charge on any atom is -0.377 e. The molecule has 1 spiro atoms. The lowest BCUT2D eigenvalue weighted by Gasteiger charge is -2.30. The third kappa shape index (κ3) is 4.02. The van der Waals surface area contributed by atoms with Crippen LogP contribution in [0.5, 0.6) is 0 Å². The van der Waals surface area contributed by atoms with Gasteiger partial charge >= 0.3 is 0 Å². The minimum absolute atomic E-state index is 0.0966. The predicted molar refractivity (Wildman–Crippen MR) is 89.2 cm³/mol. The summed E-state index contributed by atoms with van der Waals surface area (Å²) < 4.78 is 37.6. The molecule has 2 aliphatic rings. The minimum atomic E-state index is -3.24. The van der Waals surface area contributed by atoms with E-state index in [0.717, 1.165) is 6.42 Å². The molecule has 0 saturated carbocycles. The van der Waals surface area contributed by atoms with Crippen LogP contribution in [-0.4, -0.2) is 73.5 Å². The SMILES string of the molecule is CCS(=O)(=O)N1CCOCC2(CC(CNc3ncccn3)CO2)C1. The Labute approximate surface area is 142 Å². The predicted octanol–water partition coefficient (Wildman–Crippen LogP) is 0.346. The number of nitrogens with zero attached hydrogens (tertiary/aromatic N) is 3.